The lowest BCUT2D eigenvalue weighted by Crippen LogP contribution is -2.47. The van der Waals surface area contributed by atoms with Gasteiger partial charge in [0, 0.05) is 0 Å². The maximum Gasteiger partial charge on any atom is 0.328 e. The molecule has 1 amide bonds. The molecule has 124 valence electrons. The zero-order chi connectivity index (χ0) is 17.4. The van der Waals surface area contributed by atoms with Crippen molar-refractivity contribution in [2.75, 3.05) is 13.7 Å². The summed E-state index contributed by atoms with van der Waals surface area (Å²) >= 11 is 5.96. The zero-order valence-corrected chi connectivity index (χ0v) is 14.0. The Hall–Kier alpha value is -2.26. The summed E-state index contributed by atoms with van der Waals surface area (Å²) in [5.41, 5.74) is 0.398. The fourth-order valence-electron chi connectivity index (χ4n) is 1.84. The fraction of sp³-hybridized carbons (Fsp3) is 0.438. The van der Waals surface area contributed by atoms with E-state index in [2.05, 4.69) is 5.32 Å². The predicted molar refractivity (Wildman–Crippen MR) is 85.1 cm³/mol. The van der Waals surface area contributed by atoms with E-state index in [9.17, 15) is 9.59 Å². The third-order valence-corrected chi connectivity index (χ3v) is 3.70. The average molecular weight is 339 g/mol. The summed E-state index contributed by atoms with van der Waals surface area (Å²) in [4.78, 5) is 23.7. The van der Waals surface area contributed by atoms with Crippen LogP contribution in [0.15, 0.2) is 18.2 Å². The van der Waals surface area contributed by atoms with Crippen LogP contribution in [0.5, 0.6) is 5.75 Å². The number of carbonyl (C=O) groups excluding carboxylic acids is 2. The Bertz CT molecular complexity index is 613. The third-order valence-electron chi connectivity index (χ3n) is 3.40. The smallest absolute Gasteiger partial charge is 0.328 e. The van der Waals surface area contributed by atoms with Gasteiger partial charge in [-0.3, -0.25) is 4.79 Å². The molecule has 0 aliphatic heterocycles. The van der Waals surface area contributed by atoms with Crippen LogP contribution in [0.4, 0.5) is 0 Å². The van der Waals surface area contributed by atoms with Crippen LogP contribution in [-0.4, -0.2) is 31.6 Å². The second-order valence-corrected chi connectivity index (χ2v) is 5.41. The topological polar surface area (TPSA) is 88.4 Å². The normalized spacial score (nSPS) is 12.7. The number of methoxy groups -OCH3 is 1. The number of ether oxygens (including phenoxy) is 2. The Balaban J connectivity index is 2.65. The van der Waals surface area contributed by atoms with E-state index in [-0.39, 0.29) is 17.5 Å². The van der Waals surface area contributed by atoms with Gasteiger partial charge in [-0.15, -0.1) is 0 Å². The van der Waals surface area contributed by atoms with Crippen LogP contribution < -0.4 is 10.1 Å². The van der Waals surface area contributed by atoms with E-state index in [4.69, 9.17) is 26.3 Å². The highest BCUT2D eigenvalue weighted by atomic mass is 35.5. The number of nitriles is 1. The molecule has 0 heterocycles. The number of carbonyl (C=O) groups is 2. The molecule has 0 saturated carbocycles. The first-order valence-electron chi connectivity index (χ1n) is 7.12. The molecular weight excluding hydrogens is 320 g/mol. The van der Waals surface area contributed by atoms with Gasteiger partial charge in [0.05, 0.1) is 23.8 Å². The highest BCUT2D eigenvalue weighted by Gasteiger charge is 2.26. The Morgan fingerprint density at radius 3 is 2.65 bits per heavy atom. The van der Waals surface area contributed by atoms with Crippen LogP contribution in [0.25, 0.3) is 0 Å². The maximum atomic E-state index is 12.0. The van der Waals surface area contributed by atoms with Gasteiger partial charge in [-0.05, 0) is 24.1 Å². The van der Waals surface area contributed by atoms with Gasteiger partial charge < -0.3 is 14.8 Å². The monoisotopic (exact) mass is 338 g/mol. The van der Waals surface area contributed by atoms with Crippen molar-refractivity contribution in [1.82, 2.24) is 5.32 Å². The van der Waals surface area contributed by atoms with Gasteiger partial charge in [0.1, 0.15) is 11.8 Å². The van der Waals surface area contributed by atoms with Crippen molar-refractivity contribution in [2.24, 2.45) is 5.92 Å². The quantitative estimate of drug-likeness (QED) is 0.770. The van der Waals surface area contributed by atoms with Gasteiger partial charge in [0.2, 0.25) is 0 Å². The first-order chi connectivity index (χ1) is 10.9. The SMILES string of the molecule is CC[C@@H](C)[C@H](NC(=O)COc1ccc(C#N)cc1Cl)C(=O)OC. The number of halogens is 1. The van der Waals surface area contributed by atoms with E-state index in [1.165, 1.54) is 25.3 Å². The highest BCUT2D eigenvalue weighted by molar-refractivity contribution is 6.32. The minimum absolute atomic E-state index is 0.0649. The van der Waals surface area contributed by atoms with Gasteiger partial charge in [0.15, 0.2) is 6.61 Å². The lowest BCUT2D eigenvalue weighted by Gasteiger charge is -2.21. The zero-order valence-electron chi connectivity index (χ0n) is 13.3. The standard InChI is InChI=1S/C16H19ClN2O4/c1-4-10(2)15(16(21)22-3)19-14(20)9-23-13-6-5-11(8-18)7-12(13)17/h5-7,10,15H,4,9H2,1-3H3,(H,19,20)/t10-,15+/m1/s1. The van der Waals surface area contributed by atoms with E-state index in [1.807, 2.05) is 19.9 Å². The first kappa shape index (κ1) is 18.8. The largest absolute Gasteiger partial charge is 0.482 e. The van der Waals surface area contributed by atoms with E-state index in [0.29, 0.717) is 17.7 Å². The average Bonchev–Trinajstić information content (AvgIpc) is 2.56. The minimum atomic E-state index is -0.725. The molecule has 7 heteroatoms. The lowest BCUT2D eigenvalue weighted by atomic mass is 9.99. The maximum absolute atomic E-state index is 12.0. The molecule has 0 bridgehead atoms. The molecule has 1 rings (SSSR count). The summed E-state index contributed by atoms with van der Waals surface area (Å²) in [7, 11) is 1.27. The van der Waals surface area contributed by atoms with Gasteiger partial charge in [0.25, 0.3) is 5.91 Å². The van der Waals surface area contributed by atoms with Crippen LogP contribution in [0, 0.1) is 17.2 Å². The predicted octanol–water partition coefficient (Wildman–Crippen LogP) is 2.29. The van der Waals surface area contributed by atoms with E-state index in [1.54, 1.807) is 0 Å². The van der Waals surface area contributed by atoms with Gasteiger partial charge in [-0.1, -0.05) is 31.9 Å². The number of esters is 1. The van der Waals surface area contributed by atoms with Crippen LogP contribution in [-0.2, 0) is 14.3 Å². The van der Waals surface area contributed by atoms with E-state index >= 15 is 0 Å². The second-order valence-electron chi connectivity index (χ2n) is 5.00. The first-order valence-corrected chi connectivity index (χ1v) is 7.50. The number of hydrogen-bond acceptors (Lipinski definition) is 5. The number of hydrogen-bond donors (Lipinski definition) is 1. The third kappa shape index (κ3) is 5.46. The van der Waals surface area contributed by atoms with Crippen molar-refractivity contribution < 1.29 is 19.1 Å². The molecule has 23 heavy (non-hydrogen) atoms. The van der Waals surface area contributed by atoms with Crippen LogP contribution in [0.2, 0.25) is 5.02 Å². The summed E-state index contributed by atoms with van der Waals surface area (Å²) in [5.74, 6) is -0.728. The molecule has 0 aliphatic rings. The minimum Gasteiger partial charge on any atom is -0.482 e. The Kier molecular flexibility index (Phi) is 7.36. The lowest BCUT2D eigenvalue weighted by molar-refractivity contribution is -0.146. The molecule has 1 N–H and O–H groups in total. The number of benzene rings is 1. The fourth-order valence-corrected chi connectivity index (χ4v) is 2.08. The molecule has 0 unspecified atom stereocenters. The van der Waals surface area contributed by atoms with Crippen molar-refractivity contribution in [3.63, 3.8) is 0 Å². The molecule has 0 spiro atoms. The number of rotatable bonds is 7. The Labute approximate surface area is 140 Å². The molecule has 0 fully saturated rings. The number of nitrogens with one attached hydrogen (secondary N) is 1. The molecule has 0 aromatic heterocycles. The van der Waals surface area contributed by atoms with Crippen molar-refractivity contribution in [3.8, 4) is 11.8 Å². The molecule has 6 nitrogen and oxygen atoms in total. The summed E-state index contributed by atoms with van der Waals surface area (Å²) < 4.78 is 10.0. The van der Waals surface area contributed by atoms with E-state index in [0.717, 1.165) is 0 Å². The van der Waals surface area contributed by atoms with E-state index < -0.39 is 17.9 Å². The summed E-state index contributed by atoms with van der Waals surface area (Å²) in [6.07, 6.45) is 0.711. The molecule has 0 radical (unpaired) electrons. The second kappa shape index (κ2) is 9.01. The molecule has 0 saturated heterocycles. The van der Waals surface area contributed by atoms with Gasteiger partial charge in [-0.25, -0.2) is 4.79 Å². The van der Waals surface area contributed by atoms with Crippen LogP contribution in [0.3, 0.4) is 0 Å². The molecule has 0 aliphatic carbocycles. The molecule has 2 atom stereocenters. The van der Waals surface area contributed by atoms with Crippen molar-refractivity contribution in [1.29, 1.82) is 5.26 Å². The summed E-state index contributed by atoms with van der Waals surface area (Å²) in [5, 5.41) is 11.6. The van der Waals surface area contributed by atoms with Crippen LogP contribution >= 0.6 is 11.6 Å². The summed E-state index contributed by atoms with van der Waals surface area (Å²) in [6, 6.07) is 5.73. The molecule has 1 aromatic carbocycles. The Morgan fingerprint density at radius 2 is 2.13 bits per heavy atom. The molecular formula is C16H19ClN2O4. The summed E-state index contributed by atoms with van der Waals surface area (Å²) in [6.45, 7) is 3.47. The number of nitrogens with zero attached hydrogens (tertiary/aromatic N) is 1. The van der Waals surface area contributed by atoms with Crippen molar-refractivity contribution >= 4 is 23.5 Å². The number of amides is 1. The Morgan fingerprint density at radius 1 is 1.43 bits per heavy atom. The van der Waals surface area contributed by atoms with Crippen molar-refractivity contribution in [2.45, 2.75) is 26.3 Å². The van der Waals surface area contributed by atoms with Crippen LogP contribution in [0.1, 0.15) is 25.8 Å². The van der Waals surface area contributed by atoms with Gasteiger partial charge >= 0.3 is 5.97 Å². The van der Waals surface area contributed by atoms with Gasteiger partial charge in [-0.2, -0.15) is 5.26 Å². The molecule has 1 aromatic rings. The van der Waals surface area contributed by atoms with Crippen molar-refractivity contribution in [3.05, 3.63) is 28.8 Å². The highest BCUT2D eigenvalue weighted by Crippen LogP contribution is 2.25.